The molecule has 1 fully saturated rings. The van der Waals surface area contributed by atoms with E-state index in [1.54, 1.807) is 7.11 Å². The standard InChI is InChI=1S/C25H31F3N2O2/c1-16-17(2)23(32-4)11-10-22(16)18(3)30-12-6-7-19(15-30)14-29-24(31)20-8-5-9-21(13-20)25(26,27)28/h5,8-11,13,18-19H,6-7,12,14-15H2,1-4H3,(H,29,31). The first-order valence-corrected chi connectivity index (χ1v) is 11.0. The van der Waals surface area contributed by atoms with Crippen molar-refractivity contribution in [3.05, 3.63) is 64.2 Å². The normalized spacial score (nSPS) is 18.3. The molecule has 1 heterocycles. The van der Waals surface area contributed by atoms with Gasteiger partial charge in [0.15, 0.2) is 0 Å². The lowest BCUT2D eigenvalue weighted by molar-refractivity contribution is -0.137. The summed E-state index contributed by atoms with van der Waals surface area (Å²) in [5.41, 5.74) is 2.84. The van der Waals surface area contributed by atoms with Crippen molar-refractivity contribution < 1.29 is 22.7 Å². The highest BCUT2D eigenvalue weighted by Crippen LogP contribution is 2.33. The predicted octanol–water partition coefficient (Wildman–Crippen LogP) is 5.53. The van der Waals surface area contributed by atoms with Gasteiger partial charge < -0.3 is 10.1 Å². The highest BCUT2D eigenvalue weighted by molar-refractivity contribution is 5.94. The van der Waals surface area contributed by atoms with Crippen LogP contribution in [-0.2, 0) is 6.18 Å². The van der Waals surface area contributed by atoms with Crippen molar-refractivity contribution in [2.75, 3.05) is 26.7 Å². The molecule has 0 spiro atoms. The van der Waals surface area contributed by atoms with Gasteiger partial charge in [0.1, 0.15) is 5.75 Å². The average Bonchev–Trinajstić information content (AvgIpc) is 2.78. The van der Waals surface area contributed by atoms with Crippen LogP contribution in [0.15, 0.2) is 36.4 Å². The lowest BCUT2D eigenvalue weighted by atomic mass is 9.92. The second-order valence-electron chi connectivity index (χ2n) is 8.57. The molecule has 2 atom stereocenters. The van der Waals surface area contributed by atoms with Gasteiger partial charge in [-0.05, 0) is 87.0 Å². The second-order valence-corrected chi connectivity index (χ2v) is 8.57. The zero-order chi connectivity index (χ0) is 23.5. The molecule has 1 N–H and O–H groups in total. The Kier molecular flexibility index (Phi) is 7.49. The van der Waals surface area contributed by atoms with Crippen LogP contribution in [0.5, 0.6) is 5.75 Å². The minimum atomic E-state index is -4.46. The second kappa shape index (κ2) is 9.94. The molecule has 2 aromatic carbocycles. The van der Waals surface area contributed by atoms with Gasteiger partial charge in [0.25, 0.3) is 5.91 Å². The van der Waals surface area contributed by atoms with E-state index in [1.807, 2.05) is 6.07 Å². The van der Waals surface area contributed by atoms with Crippen LogP contribution in [0.1, 0.15) is 58.4 Å². The molecule has 0 radical (unpaired) electrons. The van der Waals surface area contributed by atoms with Crippen LogP contribution in [0, 0.1) is 19.8 Å². The van der Waals surface area contributed by atoms with Crippen molar-refractivity contribution >= 4 is 5.91 Å². The minimum absolute atomic E-state index is 0.0326. The maximum Gasteiger partial charge on any atom is 0.416 e. The maximum absolute atomic E-state index is 12.9. The zero-order valence-corrected chi connectivity index (χ0v) is 19.1. The fourth-order valence-electron chi connectivity index (χ4n) is 4.48. The molecule has 32 heavy (non-hydrogen) atoms. The fraction of sp³-hybridized carbons (Fsp3) is 0.480. The minimum Gasteiger partial charge on any atom is -0.496 e. The number of rotatable bonds is 6. The van der Waals surface area contributed by atoms with E-state index < -0.39 is 17.6 Å². The Morgan fingerprint density at radius 1 is 1.22 bits per heavy atom. The molecule has 1 amide bonds. The van der Waals surface area contributed by atoms with Crippen LogP contribution < -0.4 is 10.1 Å². The van der Waals surface area contributed by atoms with Gasteiger partial charge in [-0.3, -0.25) is 9.69 Å². The topological polar surface area (TPSA) is 41.6 Å². The van der Waals surface area contributed by atoms with Crippen molar-refractivity contribution in [3.8, 4) is 5.75 Å². The summed E-state index contributed by atoms with van der Waals surface area (Å²) in [4.78, 5) is 14.9. The number of ether oxygens (including phenoxy) is 1. The molecule has 2 unspecified atom stereocenters. The van der Waals surface area contributed by atoms with Crippen LogP contribution in [0.2, 0.25) is 0 Å². The summed E-state index contributed by atoms with van der Waals surface area (Å²) >= 11 is 0. The van der Waals surface area contributed by atoms with Crippen molar-refractivity contribution in [1.82, 2.24) is 10.2 Å². The fourth-order valence-corrected chi connectivity index (χ4v) is 4.48. The number of likely N-dealkylation sites (tertiary alicyclic amines) is 1. The van der Waals surface area contributed by atoms with Gasteiger partial charge >= 0.3 is 6.18 Å². The van der Waals surface area contributed by atoms with E-state index in [4.69, 9.17) is 4.74 Å². The lowest BCUT2D eigenvalue weighted by Gasteiger charge is -2.38. The van der Waals surface area contributed by atoms with Crippen molar-refractivity contribution in [1.29, 1.82) is 0 Å². The molecule has 0 aromatic heterocycles. The number of halogens is 3. The largest absolute Gasteiger partial charge is 0.496 e. The summed E-state index contributed by atoms with van der Waals surface area (Å²) in [5.74, 6) is 0.663. The third-order valence-electron chi connectivity index (χ3n) is 6.55. The number of hydrogen-bond donors (Lipinski definition) is 1. The SMILES string of the molecule is COc1ccc(C(C)N2CCCC(CNC(=O)c3cccc(C(F)(F)F)c3)C2)c(C)c1C. The molecular weight excluding hydrogens is 417 g/mol. The summed E-state index contributed by atoms with van der Waals surface area (Å²) in [6.45, 7) is 8.61. The summed E-state index contributed by atoms with van der Waals surface area (Å²) in [7, 11) is 1.67. The highest BCUT2D eigenvalue weighted by Gasteiger charge is 2.31. The van der Waals surface area contributed by atoms with E-state index in [0.717, 1.165) is 49.4 Å². The van der Waals surface area contributed by atoms with E-state index in [0.29, 0.717) is 6.54 Å². The number of methoxy groups -OCH3 is 1. The molecule has 1 aliphatic heterocycles. The number of hydrogen-bond acceptors (Lipinski definition) is 3. The van der Waals surface area contributed by atoms with Crippen molar-refractivity contribution in [2.45, 2.75) is 45.8 Å². The van der Waals surface area contributed by atoms with Gasteiger partial charge in [-0.2, -0.15) is 13.2 Å². The quantitative estimate of drug-likeness (QED) is 0.632. The number of amides is 1. The lowest BCUT2D eigenvalue weighted by Crippen LogP contribution is -2.42. The Morgan fingerprint density at radius 2 is 1.97 bits per heavy atom. The maximum atomic E-state index is 12.9. The van der Waals surface area contributed by atoms with Gasteiger partial charge in [-0.25, -0.2) is 0 Å². The predicted molar refractivity (Wildman–Crippen MR) is 119 cm³/mol. The van der Waals surface area contributed by atoms with Crippen LogP contribution in [0.3, 0.4) is 0 Å². The Labute approximate surface area is 187 Å². The Balaban J connectivity index is 1.62. The summed E-state index contributed by atoms with van der Waals surface area (Å²) in [5, 5.41) is 2.83. The third-order valence-corrected chi connectivity index (χ3v) is 6.55. The number of benzene rings is 2. The Hall–Kier alpha value is -2.54. The van der Waals surface area contributed by atoms with Gasteiger partial charge in [0.05, 0.1) is 12.7 Å². The van der Waals surface area contributed by atoms with Crippen LogP contribution in [0.25, 0.3) is 0 Å². The molecule has 2 aromatic rings. The van der Waals surface area contributed by atoms with Gasteiger partial charge in [0, 0.05) is 24.7 Å². The number of carbonyl (C=O) groups excluding carboxylic acids is 1. The van der Waals surface area contributed by atoms with E-state index in [2.05, 4.69) is 37.1 Å². The number of nitrogens with one attached hydrogen (secondary N) is 1. The van der Waals surface area contributed by atoms with Gasteiger partial charge in [-0.15, -0.1) is 0 Å². The first kappa shape index (κ1) is 24.1. The smallest absolute Gasteiger partial charge is 0.416 e. The van der Waals surface area contributed by atoms with E-state index >= 15 is 0 Å². The van der Waals surface area contributed by atoms with Crippen LogP contribution in [0.4, 0.5) is 13.2 Å². The van der Waals surface area contributed by atoms with Crippen molar-refractivity contribution in [3.63, 3.8) is 0 Å². The molecule has 0 saturated carbocycles. The van der Waals surface area contributed by atoms with E-state index in [1.165, 1.54) is 23.3 Å². The molecule has 3 rings (SSSR count). The summed E-state index contributed by atoms with van der Waals surface area (Å²) in [6.07, 6.45) is -2.47. The van der Waals surface area contributed by atoms with E-state index in [9.17, 15) is 18.0 Å². The number of alkyl halides is 3. The molecule has 7 heteroatoms. The molecular formula is C25H31F3N2O2. The van der Waals surface area contributed by atoms with Gasteiger partial charge in [0.2, 0.25) is 0 Å². The van der Waals surface area contributed by atoms with Crippen molar-refractivity contribution in [2.24, 2.45) is 5.92 Å². The number of nitrogens with zero attached hydrogens (tertiary/aromatic N) is 1. The monoisotopic (exact) mass is 448 g/mol. The Morgan fingerprint density at radius 3 is 2.66 bits per heavy atom. The molecule has 1 saturated heterocycles. The number of piperidine rings is 1. The highest BCUT2D eigenvalue weighted by atomic mass is 19.4. The van der Waals surface area contributed by atoms with Gasteiger partial charge in [-0.1, -0.05) is 12.1 Å². The Bertz CT molecular complexity index is 959. The van der Waals surface area contributed by atoms with Crippen LogP contribution in [-0.4, -0.2) is 37.6 Å². The molecule has 0 bridgehead atoms. The average molecular weight is 449 g/mol. The number of carbonyl (C=O) groups is 1. The molecule has 4 nitrogen and oxygen atoms in total. The van der Waals surface area contributed by atoms with E-state index in [-0.39, 0.29) is 17.5 Å². The molecule has 0 aliphatic carbocycles. The molecule has 174 valence electrons. The first-order chi connectivity index (χ1) is 15.1. The third kappa shape index (κ3) is 5.44. The first-order valence-electron chi connectivity index (χ1n) is 11.0. The molecule has 1 aliphatic rings. The summed E-state index contributed by atoms with van der Waals surface area (Å²) in [6, 6.07) is 8.90. The zero-order valence-electron chi connectivity index (χ0n) is 19.1. The summed E-state index contributed by atoms with van der Waals surface area (Å²) < 4.78 is 44.2. The van der Waals surface area contributed by atoms with Crippen LogP contribution >= 0.6 is 0 Å².